The fourth-order valence-corrected chi connectivity index (χ4v) is 2.56. The summed E-state index contributed by atoms with van der Waals surface area (Å²) < 4.78 is 6.07. The number of hydrogen-bond acceptors (Lipinski definition) is 3. The van der Waals surface area contributed by atoms with Crippen LogP contribution in [0.5, 0.6) is 0 Å². The molecule has 2 unspecified atom stereocenters. The second-order valence-electron chi connectivity index (χ2n) is 7.05. The molecule has 3 nitrogen and oxygen atoms in total. The van der Waals surface area contributed by atoms with E-state index in [-0.39, 0.29) is 17.1 Å². The van der Waals surface area contributed by atoms with E-state index in [1.165, 1.54) is 0 Å². The second kappa shape index (κ2) is 5.68. The summed E-state index contributed by atoms with van der Waals surface area (Å²) in [5.41, 5.74) is 11.4. The van der Waals surface area contributed by atoms with Gasteiger partial charge in [-0.25, -0.2) is 0 Å². The maximum atomic E-state index is 6.28. The molecular weight excluding hydrogens is 212 g/mol. The van der Waals surface area contributed by atoms with Gasteiger partial charge < -0.3 is 16.2 Å². The Labute approximate surface area is 107 Å². The van der Waals surface area contributed by atoms with Crippen molar-refractivity contribution < 1.29 is 4.74 Å². The van der Waals surface area contributed by atoms with E-state index >= 15 is 0 Å². The molecule has 3 heteroatoms. The zero-order chi connectivity index (χ0) is 13.9. The molecule has 104 valence electrons. The molecule has 0 aromatic rings. The summed E-state index contributed by atoms with van der Waals surface area (Å²) >= 11 is 0. The average Bonchev–Trinajstić information content (AvgIpc) is 1.96. The van der Waals surface area contributed by atoms with Gasteiger partial charge in [0.25, 0.3) is 0 Å². The van der Waals surface area contributed by atoms with Crippen LogP contribution in [0.25, 0.3) is 0 Å². The van der Waals surface area contributed by atoms with E-state index < -0.39 is 5.72 Å². The van der Waals surface area contributed by atoms with E-state index in [1.54, 1.807) is 0 Å². The molecule has 0 fully saturated rings. The van der Waals surface area contributed by atoms with Crippen molar-refractivity contribution in [2.45, 2.75) is 85.1 Å². The Kier molecular flexibility index (Phi) is 5.64. The van der Waals surface area contributed by atoms with Crippen molar-refractivity contribution in [3.8, 4) is 0 Å². The van der Waals surface area contributed by atoms with Crippen LogP contribution in [0.1, 0.15) is 67.7 Å². The molecule has 0 radical (unpaired) electrons. The molecule has 0 spiro atoms. The van der Waals surface area contributed by atoms with Gasteiger partial charge in [-0.15, -0.1) is 0 Å². The summed E-state index contributed by atoms with van der Waals surface area (Å²) in [6.07, 6.45) is 2.75. The second-order valence-corrected chi connectivity index (χ2v) is 7.05. The van der Waals surface area contributed by atoms with Crippen LogP contribution in [0.15, 0.2) is 0 Å². The molecule has 0 aliphatic heterocycles. The maximum absolute atomic E-state index is 6.28. The summed E-state index contributed by atoms with van der Waals surface area (Å²) in [7, 11) is 0. The highest BCUT2D eigenvalue weighted by atomic mass is 16.5. The fourth-order valence-electron chi connectivity index (χ4n) is 2.56. The molecule has 0 amide bonds. The van der Waals surface area contributed by atoms with Crippen molar-refractivity contribution in [3.05, 3.63) is 0 Å². The lowest BCUT2D eigenvalue weighted by Crippen LogP contribution is -2.50. The molecular formula is C14H32N2O. The summed E-state index contributed by atoms with van der Waals surface area (Å²) in [5.74, 6) is 0. The normalized spacial score (nSPS) is 18.9. The average molecular weight is 244 g/mol. The van der Waals surface area contributed by atoms with Gasteiger partial charge in [-0.3, -0.25) is 0 Å². The summed E-state index contributed by atoms with van der Waals surface area (Å²) in [6, 6.07) is 0.125. The molecule has 4 N–H and O–H groups in total. The molecule has 0 bridgehead atoms. The lowest BCUT2D eigenvalue weighted by atomic mass is 9.82. The molecule has 0 aliphatic rings. The minimum absolute atomic E-state index is 0.125. The van der Waals surface area contributed by atoms with Gasteiger partial charge in [-0.1, -0.05) is 27.2 Å². The van der Waals surface area contributed by atoms with E-state index in [9.17, 15) is 0 Å². The summed E-state index contributed by atoms with van der Waals surface area (Å²) in [6.45, 7) is 14.7. The highest BCUT2D eigenvalue weighted by Gasteiger charge is 2.34. The minimum Gasteiger partial charge on any atom is -0.355 e. The van der Waals surface area contributed by atoms with Gasteiger partial charge in [-0.2, -0.15) is 0 Å². The number of hydrogen-bond donors (Lipinski definition) is 2. The zero-order valence-electron chi connectivity index (χ0n) is 12.8. The monoisotopic (exact) mass is 244 g/mol. The molecule has 0 aromatic carbocycles. The highest BCUT2D eigenvalue weighted by molar-refractivity contribution is 4.83. The van der Waals surface area contributed by atoms with Crippen molar-refractivity contribution in [2.75, 3.05) is 0 Å². The topological polar surface area (TPSA) is 61.3 Å². The smallest absolute Gasteiger partial charge is 0.115 e. The third-order valence-corrected chi connectivity index (χ3v) is 3.11. The van der Waals surface area contributed by atoms with Crippen LogP contribution in [0, 0.1) is 5.41 Å². The molecule has 0 saturated carbocycles. The van der Waals surface area contributed by atoms with Crippen LogP contribution >= 0.6 is 0 Å². The van der Waals surface area contributed by atoms with Gasteiger partial charge in [0.2, 0.25) is 0 Å². The van der Waals surface area contributed by atoms with Crippen LogP contribution in [0.4, 0.5) is 0 Å². The molecule has 0 saturated heterocycles. The highest BCUT2D eigenvalue weighted by Crippen LogP contribution is 2.33. The van der Waals surface area contributed by atoms with Gasteiger partial charge in [0.05, 0.1) is 5.60 Å². The molecule has 0 rings (SSSR count). The third kappa shape index (κ3) is 7.74. The van der Waals surface area contributed by atoms with Crippen LogP contribution in [-0.2, 0) is 4.74 Å². The van der Waals surface area contributed by atoms with Gasteiger partial charge in [0.15, 0.2) is 0 Å². The van der Waals surface area contributed by atoms with Crippen molar-refractivity contribution in [3.63, 3.8) is 0 Å². The summed E-state index contributed by atoms with van der Waals surface area (Å²) in [5, 5.41) is 0. The largest absolute Gasteiger partial charge is 0.355 e. The number of rotatable bonds is 7. The van der Waals surface area contributed by atoms with Gasteiger partial charge in [-0.05, 0) is 46.0 Å². The van der Waals surface area contributed by atoms with Crippen LogP contribution < -0.4 is 11.5 Å². The van der Waals surface area contributed by atoms with Crippen molar-refractivity contribution in [1.82, 2.24) is 0 Å². The van der Waals surface area contributed by atoms with Crippen LogP contribution in [0.2, 0.25) is 0 Å². The predicted octanol–water partition coefficient (Wildman–Crippen LogP) is 3.02. The zero-order valence-corrected chi connectivity index (χ0v) is 12.8. The molecule has 17 heavy (non-hydrogen) atoms. The predicted molar refractivity (Wildman–Crippen MR) is 74.7 cm³/mol. The van der Waals surface area contributed by atoms with Gasteiger partial charge >= 0.3 is 0 Å². The van der Waals surface area contributed by atoms with Crippen molar-refractivity contribution >= 4 is 0 Å². The van der Waals surface area contributed by atoms with E-state index in [2.05, 4.69) is 34.6 Å². The van der Waals surface area contributed by atoms with E-state index in [4.69, 9.17) is 16.2 Å². The summed E-state index contributed by atoms with van der Waals surface area (Å²) in [4.78, 5) is 0. The number of ether oxygens (including phenoxy) is 1. The Balaban J connectivity index is 4.53. The van der Waals surface area contributed by atoms with E-state index in [0.717, 1.165) is 19.3 Å². The van der Waals surface area contributed by atoms with Gasteiger partial charge in [0, 0.05) is 6.04 Å². The molecule has 2 atom stereocenters. The molecule has 0 aliphatic carbocycles. The Bertz CT molecular complexity index is 232. The fraction of sp³-hybridized carbons (Fsp3) is 1.00. The standard InChI is InChI=1S/C14H32N2O/c1-8-12(3,4)10-14(7,16)17-13(5,6)9-11(2)15/h11H,8-10,15-16H2,1-7H3. The number of nitrogens with two attached hydrogens (primary N) is 2. The first kappa shape index (κ1) is 16.9. The first-order valence-corrected chi connectivity index (χ1v) is 6.64. The SMILES string of the molecule is CCC(C)(C)CC(C)(N)OC(C)(C)CC(C)N. The Hall–Kier alpha value is -0.120. The lowest BCUT2D eigenvalue weighted by molar-refractivity contribution is -0.149. The molecule has 0 aromatic heterocycles. The van der Waals surface area contributed by atoms with Crippen LogP contribution in [0.3, 0.4) is 0 Å². The Morgan fingerprint density at radius 3 is 1.94 bits per heavy atom. The quantitative estimate of drug-likeness (QED) is 0.677. The lowest BCUT2D eigenvalue weighted by Gasteiger charge is -2.40. The van der Waals surface area contributed by atoms with Crippen molar-refractivity contribution in [1.29, 1.82) is 0 Å². The Morgan fingerprint density at radius 2 is 1.59 bits per heavy atom. The van der Waals surface area contributed by atoms with Crippen LogP contribution in [-0.4, -0.2) is 17.4 Å². The molecule has 0 heterocycles. The van der Waals surface area contributed by atoms with E-state index in [1.807, 2.05) is 13.8 Å². The third-order valence-electron chi connectivity index (χ3n) is 3.11. The Morgan fingerprint density at radius 1 is 1.12 bits per heavy atom. The van der Waals surface area contributed by atoms with Gasteiger partial charge in [0.1, 0.15) is 5.72 Å². The van der Waals surface area contributed by atoms with Crippen molar-refractivity contribution in [2.24, 2.45) is 16.9 Å². The minimum atomic E-state index is -0.599. The maximum Gasteiger partial charge on any atom is 0.115 e. The first-order valence-electron chi connectivity index (χ1n) is 6.64. The first-order chi connectivity index (χ1) is 7.39. The van der Waals surface area contributed by atoms with E-state index in [0.29, 0.717) is 0 Å².